The van der Waals surface area contributed by atoms with E-state index in [1.165, 1.54) is 6.42 Å². The van der Waals surface area contributed by atoms with Crippen LogP contribution in [0.15, 0.2) is 48.3 Å². The van der Waals surface area contributed by atoms with Crippen molar-refractivity contribution < 1.29 is 23.9 Å². The van der Waals surface area contributed by atoms with Gasteiger partial charge in [0.1, 0.15) is 17.9 Å². The number of fused-ring (bicyclic) bond motifs is 3. The van der Waals surface area contributed by atoms with Crippen LogP contribution in [0.4, 0.5) is 5.69 Å². The highest BCUT2D eigenvalue weighted by Crippen LogP contribution is 2.61. The molecule has 0 aromatic heterocycles. The predicted molar refractivity (Wildman–Crippen MR) is 173 cm³/mol. The number of hydroxylamine groups is 2. The molecule has 0 spiro atoms. The van der Waals surface area contributed by atoms with Crippen LogP contribution >= 0.6 is 0 Å². The van der Waals surface area contributed by atoms with E-state index >= 15 is 0 Å². The standard InChI is InChI=1S/C35H50N4O5/c1-10-11-23(29(42-9)14-22-12-24(33(40)36-6)15-26(13-22)38(7)8)18-39-32(31-21(3)43-19-30(31)44-39)34(41)37-28-17-25-16-27(20(28)2)35(25,4)5/h10-15,20-21,25,27-28,30-32H,1,16-19H2,2-9H3,(H,36,40)(H,37,41)/t20-,21+,25+,27-,28-,30-,31+,32-/m0/s1. The highest BCUT2D eigenvalue weighted by molar-refractivity contribution is 5.95. The maximum absolute atomic E-state index is 14.1. The number of allylic oxidation sites excluding steroid dienone is 2. The van der Waals surface area contributed by atoms with Gasteiger partial charge in [0.05, 0.1) is 26.4 Å². The minimum Gasteiger partial charge on any atom is -0.496 e. The fraction of sp³-hybridized carbons (Fsp3) is 0.600. The molecule has 3 aliphatic carbocycles. The Hall–Kier alpha value is -3.14. The molecule has 2 N–H and O–H groups in total. The van der Waals surface area contributed by atoms with Crippen LogP contribution in [0.1, 0.15) is 56.5 Å². The van der Waals surface area contributed by atoms with E-state index in [2.05, 4.69) is 38.0 Å². The molecule has 1 aromatic carbocycles. The molecule has 8 atom stereocenters. The van der Waals surface area contributed by atoms with Crippen molar-refractivity contribution in [1.29, 1.82) is 0 Å². The van der Waals surface area contributed by atoms with E-state index in [0.717, 1.165) is 23.2 Å². The Morgan fingerprint density at radius 2 is 1.95 bits per heavy atom. The van der Waals surface area contributed by atoms with Gasteiger partial charge in [-0.05, 0) is 72.8 Å². The van der Waals surface area contributed by atoms with Gasteiger partial charge in [-0.3, -0.25) is 14.4 Å². The van der Waals surface area contributed by atoms with Gasteiger partial charge >= 0.3 is 0 Å². The van der Waals surface area contributed by atoms with Gasteiger partial charge in [0, 0.05) is 49.9 Å². The molecule has 5 fully saturated rings. The Balaban J connectivity index is 1.41. The first-order chi connectivity index (χ1) is 20.9. The summed E-state index contributed by atoms with van der Waals surface area (Å²) in [6.07, 6.45) is 7.50. The van der Waals surface area contributed by atoms with E-state index in [-0.39, 0.29) is 36.0 Å². The molecule has 5 aliphatic rings. The number of ether oxygens (including phenoxy) is 2. The van der Waals surface area contributed by atoms with E-state index in [0.29, 0.717) is 47.6 Å². The van der Waals surface area contributed by atoms with Crippen LogP contribution in [0.5, 0.6) is 0 Å². The van der Waals surface area contributed by atoms with Crippen LogP contribution in [0.2, 0.25) is 0 Å². The van der Waals surface area contributed by atoms with E-state index in [1.807, 2.05) is 61.3 Å². The van der Waals surface area contributed by atoms with Crippen LogP contribution in [-0.2, 0) is 19.1 Å². The van der Waals surface area contributed by atoms with Crippen molar-refractivity contribution in [3.05, 3.63) is 59.4 Å². The summed E-state index contributed by atoms with van der Waals surface area (Å²) < 4.78 is 11.9. The third-order valence-corrected chi connectivity index (χ3v) is 10.8. The molecule has 2 aliphatic heterocycles. The maximum atomic E-state index is 14.1. The second-order valence-electron chi connectivity index (χ2n) is 13.8. The van der Waals surface area contributed by atoms with Crippen molar-refractivity contribution in [2.24, 2.45) is 29.1 Å². The molecular formula is C35H50N4O5. The van der Waals surface area contributed by atoms with Crippen molar-refractivity contribution >= 4 is 23.6 Å². The highest BCUT2D eigenvalue weighted by atomic mass is 16.7. The molecule has 2 bridgehead atoms. The van der Waals surface area contributed by atoms with E-state index < -0.39 is 6.04 Å². The molecule has 240 valence electrons. The average Bonchev–Trinajstić information content (AvgIpc) is 3.54. The summed E-state index contributed by atoms with van der Waals surface area (Å²) in [5.74, 6) is 2.07. The zero-order valence-corrected chi connectivity index (χ0v) is 27.6. The summed E-state index contributed by atoms with van der Waals surface area (Å²) in [5, 5.41) is 7.98. The first-order valence-electron chi connectivity index (χ1n) is 15.9. The van der Waals surface area contributed by atoms with Crippen molar-refractivity contribution in [3.8, 4) is 0 Å². The van der Waals surface area contributed by atoms with Gasteiger partial charge in [-0.2, -0.15) is 5.06 Å². The van der Waals surface area contributed by atoms with Gasteiger partial charge in [0.2, 0.25) is 5.91 Å². The smallest absolute Gasteiger partial charge is 0.251 e. The van der Waals surface area contributed by atoms with Gasteiger partial charge in [0.25, 0.3) is 5.91 Å². The molecule has 44 heavy (non-hydrogen) atoms. The summed E-state index contributed by atoms with van der Waals surface area (Å²) in [5.41, 5.74) is 3.41. The maximum Gasteiger partial charge on any atom is 0.251 e. The van der Waals surface area contributed by atoms with Gasteiger partial charge in [-0.15, -0.1) is 0 Å². The Labute approximate surface area is 262 Å². The number of amides is 2. The first-order valence-corrected chi connectivity index (χ1v) is 15.9. The monoisotopic (exact) mass is 606 g/mol. The summed E-state index contributed by atoms with van der Waals surface area (Å²) in [4.78, 5) is 35.0. The molecule has 9 nitrogen and oxygen atoms in total. The third kappa shape index (κ3) is 5.94. The molecule has 6 rings (SSSR count). The second-order valence-corrected chi connectivity index (χ2v) is 13.8. The van der Waals surface area contributed by atoms with E-state index in [4.69, 9.17) is 14.3 Å². The zero-order valence-electron chi connectivity index (χ0n) is 27.6. The van der Waals surface area contributed by atoms with Crippen LogP contribution in [0.3, 0.4) is 0 Å². The van der Waals surface area contributed by atoms with Gasteiger partial charge in [-0.1, -0.05) is 39.5 Å². The molecule has 0 unspecified atom stereocenters. The number of rotatable bonds is 10. The lowest BCUT2D eigenvalue weighted by molar-refractivity contribution is -0.175. The number of anilines is 1. The second kappa shape index (κ2) is 12.7. The Morgan fingerprint density at radius 1 is 1.20 bits per heavy atom. The number of carbonyl (C=O) groups is 2. The SMILES string of the molecule is C=CC=C(CN1O[C@H]2CO[C@H](C)[C@H]2[C@H]1C(=O)N[C@H]1C[C@H]2C[C@@H]([C@@H]1C)C2(C)C)C(=Cc1cc(C(=O)NC)cc(N(C)C)c1)OC. The Bertz CT molecular complexity index is 1340. The minimum absolute atomic E-state index is 0.000564. The molecule has 9 heteroatoms. The van der Waals surface area contributed by atoms with Crippen molar-refractivity contribution in [2.75, 3.05) is 46.3 Å². The number of carbonyl (C=O) groups excluding carboxylic acids is 2. The third-order valence-electron chi connectivity index (χ3n) is 10.8. The van der Waals surface area contributed by atoms with Crippen molar-refractivity contribution in [1.82, 2.24) is 15.7 Å². The topological polar surface area (TPSA) is 92.4 Å². The zero-order chi connectivity index (χ0) is 31.9. The summed E-state index contributed by atoms with van der Waals surface area (Å²) >= 11 is 0. The number of benzene rings is 1. The summed E-state index contributed by atoms with van der Waals surface area (Å²) in [7, 11) is 7.11. The van der Waals surface area contributed by atoms with Crippen LogP contribution in [0.25, 0.3) is 6.08 Å². The fourth-order valence-electron chi connectivity index (χ4n) is 8.02. The molecule has 2 saturated heterocycles. The Morgan fingerprint density at radius 3 is 2.57 bits per heavy atom. The Kier molecular flexibility index (Phi) is 9.31. The highest BCUT2D eigenvalue weighted by Gasteiger charge is 2.58. The lowest BCUT2D eigenvalue weighted by atomic mass is 9.45. The van der Waals surface area contributed by atoms with Crippen LogP contribution in [0, 0.1) is 29.1 Å². The number of methoxy groups -OCH3 is 1. The number of hydrogen-bond donors (Lipinski definition) is 2. The lowest BCUT2D eigenvalue weighted by Crippen LogP contribution is -2.62. The van der Waals surface area contributed by atoms with Crippen molar-refractivity contribution in [2.45, 2.75) is 64.8 Å². The van der Waals surface area contributed by atoms with Gasteiger partial charge < -0.3 is 25.0 Å². The molecule has 2 heterocycles. The largest absolute Gasteiger partial charge is 0.496 e. The fourth-order valence-corrected chi connectivity index (χ4v) is 8.02. The number of hydrogen-bond acceptors (Lipinski definition) is 7. The van der Waals surface area contributed by atoms with Crippen LogP contribution < -0.4 is 15.5 Å². The molecular weight excluding hydrogens is 556 g/mol. The van der Waals surface area contributed by atoms with Crippen molar-refractivity contribution in [3.63, 3.8) is 0 Å². The van der Waals surface area contributed by atoms with Gasteiger partial charge in [0.15, 0.2) is 0 Å². The average molecular weight is 607 g/mol. The van der Waals surface area contributed by atoms with Crippen LogP contribution in [-0.4, -0.2) is 82.6 Å². The quantitative estimate of drug-likeness (QED) is 0.301. The summed E-state index contributed by atoms with van der Waals surface area (Å²) in [6, 6.07) is 5.34. The molecule has 1 aromatic rings. The molecule has 0 radical (unpaired) electrons. The van der Waals surface area contributed by atoms with E-state index in [1.54, 1.807) is 20.2 Å². The predicted octanol–water partition coefficient (Wildman–Crippen LogP) is 4.42. The molecule has 3 saturated carbocycles. The number of nitrogens with zero attached hydrogens (tertiary/aromatic N) is 2. The number of nitrogens with one attached hydrogen (secondary N) is 2. The van der Waals surface area contributed by atoms with E-state index in [9.17, 15) is 9.59 Å². The minimum atomic E-state index is -0.501. The molecule has 2 amide bonds. The summed E-state index contributed by atoms with van der Waals surface area (Å²) in [6.45, 7) is 13.8. The normalized spacial score (nSPS) is 32.8. The lowest BCUT2D eigenvalue weighted by Gasteiger charge is -2.62. The first kappa shape index (κ1) is 32.3. The van der Waals surface area contributed by atoms with Gasteiger partial charge in [-0.25, -0.2) is 0 Å².